The van der Waals surface area contributed by atoms with Crippen LogP contribution in [-0.2, 0) is 0 Å². The Morgan fingerprint density at radius 1 is 1.22 bits per heavy atom. The highest BCUT2D eigenvalue weighted by Crippen LogP contribution is 2.32. The highest BCUT2D eigenvalue weighted by atomic mass is 19.4. The van der Waals surface area contributed by atoms with Crippen molar-refractivity contribution in [1.82, 2.24) is 5.32 Å². The average molecular weight is 259 g/mol. The number of alkyl halides is 3. The summed E-state index contributed by atoms with van der Waals surface area (Å²) >= 11 is 0. The lowest BCUT2D eigenvalue weighted by atomic mass is 9.89. The molecule has 1 aromatic carbocycles. The molecule has 1 aliphatic heterocycles. The summed E-state index contributed by atoms with van der Waals surface area (Å²) in [5.41, 5.74) is 1.44. The molecule has 0 bridgehead atoms. The molecule has 1 aliphatic rings. The van der Waals surface area contributed by atoms with Gasteiger partial charge in [-0.2, -0.15) is 0 Å². The summed E-state index contributed by atoms with van der Waals surface area (Å²) in [7, 11) is 0. The minimum absolute atomic E-state index is 0.0847. The van der Waals surface area contributed by atoms with Gasteiger partial charge >= 0.3 is 6.36 Å². The quantitative estimate of drug-likeness (QED) is 0.879. The third kappa shape index (κ3) is 3.38. The molecule has 0 aromatic heterocycles. The van der Waals surface area contributed by atoms with Crippen LogP contribution in [0.4, 0.5) is 13.2 Å². The second kappa shape index (κ2) is 5.18. The van der Waals surface area contributed by atoms with Gasteiger partial charge in [-0.15, -0.1) is 13.2 Å². The molecule has 1 aromatic rings. The van der Waals surface area contributed by atoms with Gasteiger partial charge < -0.3 is 10.1 Å². The van der Waals surface area contributed by atoms with Gasteiger partial charge in [0.15, 0.2) is 0 Å². The Hall–Kier alpha value is -1.23. The van der Waals surface area contributed by atoms with Crippen LogP contribution in [0.3, 0.4) is 0 Å². The van der Waals surface area contributed by atoms with Gasteiger partial charge in [0.05, 0.1) is 0 Å². The molecule has 5 heteroatoms. The van der Waals surface area contributed by atoms with E-state index < -0.39 is 6.36 Å². The number of aryl methyl sites for hydroxylation is 1. The first-order valence-electron chi connectivity index (χ1n) is 6.03. The smallest absolute Gasteiger partial charge is 0.406 e. The highest BCUT2D eigenvalue weighted by Gasteiger charge is 2.32. The van der Waals surface area contributed by atoms with Crippen LogP contribution >= 0.6 is 0 Å². The van der Waals surface area contributed by atoms with Gasteiger partial charge in [0.25, 0.3) is 0 Å². The third-order valence-corrected chi connectivity index (χ3v) is 3.25. The van der Waals surface area contributed by atoms with Gasteiger partial charge in [-0.1, -0.05) is 12.1 Å². The zero-order valence-corrected chi connectivity index (χ0v) is 10.2. The molecular weight excluding hydrogens is 243 g/mol. The van der Waals surface area contributed by atoms with Crippen LogP contribution in [0.1, 0.15) is 29.9 Å². The number of benzene rings is 1. The van der Waals surface area contributed by atoms with Crippen molar-refractivity contribution in [3.05, 3.63) is 29.3 Å². The van der Waals surface area contributed by atoms with E-state index in [0.29, 0.717) is 11.5 Å². The van der Waals surface area contributed by atoms with E-state index in [1.54, 1.807) is 13.0 Å². The normalized spacial score (nSPS) is 17.8. The second-order valence-corrected chi connectivity index (χ2v) is 4.60. The maximum absolute atomic E-state index is 12.3. The first-order valence-corrected chi connectivity index (χ1v) is 6.03. The molecule has 0 spiro atoms. The number of hydrogen-bond acceptors (Lipinski definition) is 2. The molecular formula is C13H16F3NO. The van der Waals surface area contributed by atoms with Crippen LogP contribution < -0.4 is 10.1 Å². The van der Waals surface area contributed by atoms with Gasteiger partial charge in [-0.25, -0.2) is 0 Å². The fourth-order valence-electron chi connectivity index (χ4n) is 2.26. The number of nitrogens with one attached hydrogen (secondary N) is 1. The Kier molecular flexibility index (Phi) is 3.80. The Morgan fingerprint density at radius 2 is 1.89 bits per heavy atom. The second-order valence-electron chi connectivity index (χ2n) is 4.60. The van der Waals surface area contributed by atoms with Gasteiger partial charge in [-0.3, -0.25) is 0 Å². The fraction of sp³-hybridized carbons (Fsp3) is 0.538. The largest absolute Gasteiger partial charge is 0.573 e. The summed E-state index contributed by atoms with van der Waals surface area (Å²) in [6.45, 7) is 3.44. The van der Waals surface area contributed by atoms with Crippen LogP contribution in [-0.4, -0.2) is 19.5 Å². The molecule has 1 saturated heterocycles. The first kappa shape index (κ1) is 13.2. The summed E-state index contributed by atoms with van der Waals surface area (Å²) in [5, 5.41) is 3.24. The zero-order chi connectivity index (χ0) is 13.2. The predicted molar refractivity (Wildman–Crippen MR) is 62.7 cm³/mol. The molecule has 18 heavy (non-hydrogen) atoms. The van der Waals surface area contributed by atoms with Crippen molar-refractivity contribution in [3.8, 4) is 5.75 Å². The van der Waals surface area contributed by atoms with Crippen molar-refractivity contribution in [2.75, 3.05) is 13.1 Å². The van der Waals surface area contributed by atoms with Crippen molar-refractivity contribution < 1.29 is 17.9 Å². The van der Waals surface area contributed by atoms with Crippen molar-refractivity contribution in [2.24, 2.45) is 0 Å². The zero-order valence-electron chi connectivity index (χ0n) is 10.2. The molecule has 0 unspecified atom stereocenters. The fourth-order valence-corrected chi connectivity index (χ4v) is 2.26. The van der Waals surface area contributed by atoms with Crippen LogP contribution in [0.15, 0.2) is 18.2 Å². The number of rotatable bonds is 2. The molecule has 0 atom stereocenters. The molecule has 2 nitrogen and oxygen atoms in total. The van der Waals surface area contributed by atoms with Gasteiger partial charge in [0, 0.05) is 0 Å². The highest BCUT2D eigenvalue weighted by molar-refractivity contribution is 5.38. The maximum Gasteiger partial charge on any atom is 0.573 e. The monoisotopic (exact) mass is 259 g/mol. The van der Waals surface area contributed by atoms with E-state index in [4.69, 9.17) is 0 Å². The van der Waals surface area contributed by atoms with Crippen LogP contribution in [0, 0.1) is 6.92 Å². The Bertz CT molecular complexity index is 411. The predicted octanol–water partition coefficient (Wildman–Crippen LogP) is 3.36. The third-order valence-electron chi connectivity index (χ3n) is 3.25. The van der Waals surface area contributed by atoms with Gasteiger partial charge in [0.1, 0.15) is 5.75 Å². The standard InChI is InChI=1S/C13H16F3NO/c1-9-2-3-11(10-4-6-17-7-5-10)8-12(9)18-13(14,15)16/h2-3,8,10,17H,4-7H2,1H3. The number of hydrogen-bond donors (Lipinski definition) is 1. The minimum Gasteiger partial charge on any atom is -0.406 e. The van der Waals surface area contributed by atoms with E-state index in [2.05, 4.69) is 10.1 Å². The lowest BCUT2D eigenvalue weighted by molar-refractivity contribution is -0.274. The summed E-state index contributed by atoms with van der Waals surface area (Å²) in [6, 6.07) is 5.12. The molecule has 1 N–H and O–H groups in total. The van der Waals surface area contributed by atoms with Gasteiger partial charge in [0.2, 0.25) is 0 Å². The molecule has 0 radical (unpaired) electrons. The first-order chi connectivity index (χ1) is 8.46. The van der Waals surface area contributed by atoms with Gasteiger partial charge in [-0.05, 0) is 56.0 Å². The van der Waals surface area contributed by atoms with Crippen LogP contribution in [0.5, 0.6) is 5.75 Å². The van der Waals surface area contributed by atoms with Crippen molar-refractivity contribution >= 4 is 0 Å². The van der Waals surface area contributed by atoms with E-state index >= 15 is 0 Å². The Morgan fingerprint density at radius 3 is 2.50 bits per heavy atom. The molecule has 1 fully saturated rings. The lowest BCUT2D eigenvalue weighted by Gasteiger charge is -2.24. The van der Waals surface area contributed by atoms with Crippen LogP contribution in [0.2, 0.25) is 0 Å². The van der Waals surface area contributed by atoms with Crippen molar-refractivity contribution in [3.63, 3.8) is 0 Å². The number of halogens is 3. The summed E-state index contributed by atoms with van der Waals surface area (Å²) in [4.78, 5) is 0. The van der Waals surface area contributed by atoms with Crippen molar-refractivity contribution in [2.45, 2.75) is 32.0 Å². The summed E-state index contributed by atoms with van der Waals surface area (Å²) in [5.74, 6) is 0.237. The summed E-state index contributed by atoms with van der Waals surface area (Å²) in [6.07, 6.45) is -2.72. The average Bonchev–Trinajstić information content (AvgIpc) is 2.31. The number of ether oxygens (including phenoxy) is 1. The minimum atomic E-state index is -4.63. The SMILES string of the molecule is Cc1ccc(C2CCNCC2)cc1OC(F)(F)F. The molecule has 0 saturated carbocycles. The molecule has 0 aliphatic carbocycles. The molecule has 2 rings (SSSR count). The molecule has 1 heterocycles. The lowest BCUT2D eigenvalue weighted by Crippen LogP contribution is -2.26. The van der Waals surface area contributed by atoms with E-state index in [9.17, 15) is 13.2 Å². The van der Waals surface area contributed by atoms with E-state index in [1.165, 1.54) is 6.07 Å². The molecule has 100 valence electrons. The van der Waals surface area contributed by atoms with Crippen LogP contribution in [0.25, 0.3) is 0 Å². The maximum atomic E-state index is 12.3. The van der Waals surface area contributed by atoms with E-state index in [0.717, 1.165) is 31.5 Å². The van der Waals surface area contributed by atoms with E-state index in [1.807, 2.05) is 6.07 Å². The van der Waals surface area contributed by atoms with E-state index in [-0.39, 0.29) is 5.75 Å². The number of piperidine rings is 1. The summed E-state index contributed by atoms with van der Waals surface area (Å²) < 4.78 is 40.8. The Balaban J connectivity index is 2.19. The Labute approximate surface area is 104 Å². The van der Waals surface area contributed by atoms with Crippen molar-refractivity contribution in [1.29, 1.82) is 0 Å². The topological polar surface area (TPSA) is 21.3 Å². The molecule has 0 amide bonds.